The third-order valence-electron chi connectivity index (χ3n) is 2.76. The first-order chi connectivity index (χ1) is 7.24. The van der Waals surface area contributed by atoms with Gasteiger partial charge in [0, 0.05) is 25.2 Å². The Labute approximate surface area is 89.9 Å². The first-order valence-corrected chi connectivity index (χ1v) is 5.45. The van der Waals surface area contributed by atoms with E-state index in [-0.39, 0.29) is 5.82 Å². The zero-order chi connectivity index (χ0) is 10.7. The van der Waals surface area contributed by atoms with Crippen LogP contribution in [0.1, 0.15) is 12.5 Å². The molecule has 1 atom stereocenters. The van der Waals surface area contributed by atoms with E-state index in [9.17, 15) is 4.39 Å². The highest BCUT2D eigenvalue weighted by molar-refractivity contribution is 5.17. The van der Waals surface area contributed by atoms with E-state index in [0.717, 1.165) is 19.5 Å². The molecule has 0 amide bonds. The topological polar surface area (TPSA) is 24.1 Å². The average Bonchev–Trinajstić information content (AvgIpc) is 2.16. The van der Waals surface area contributed by atoms with Crippen molar-refractivity contribution in [3.8, 4) is 0 Å². The van der Waals surface area contributed by atoms with E-state index < -0.39 is 0 Å². The van der Waals surface area contributed by atoms with Gasteiger partial charge in [-0.3, -0.25) is 0 Å². The van der Waals surface area contributed by atoms with Gasteiger partial charge in [-0.05, 0) is 31.0 Å². The summed E-state index contributed by atoms with van der Waals surface area (Å²) >= 11 is 0. The lowest BCUT2D eigenvalue weighted by molar-refractivity contribution is 0.334. The predicted molar refractivity (Wildman–Crippen MR) is 59.4 cm³/mol. The number of rotatable bonds is 4. The molecule has 1 aliphatic heterocycles. The Bertz CT molecular complexity index is 306. The molecule has 1 aromatic rings. The van der Waals surface area contributed by atoms with Gasteiger partial charge >= 0.3 is 0 Å². The second kappa shape index (κ2) is 4.73. The molecule has 3 heteroatoms. The van der Waals surface area contributed by atoms with Gasteiger partial charge in [-0.25, -0.2) is 4.39 Å². The molecule has 0 bridgehead atoms. The molecule has 1 aliphatic rings. The molecule has 0 aliphatic carbocycles. The molecule has 2 N–H and O–H groups in total. The van der Waals surface area contributed by atoms with E-state index in [1.807, 2.05) is 12.1 Å². The number of benzene rings is 1. The van der Waals surface area contributed by atoms with E-state index in [0.29, 0.717) is 12.1 Å². The molecule has 0 saturated carbocycles. The van der Waals surface area contributed by atoms with Gasteiger partial charge in [0.25, 0.3) is 0 Å². The van der Waals surface area contributed by atoms with Crippen LogP contribution in [0.3, 0.4) is 0 Å². The van der Waals surface area contributed by atoms with Crippen LogP contribution in [-0.4, -0.2) is 25.2 Å². The summed E-state index contributed by atoms with van der Waals surface area (Å²) in [5.41, 5.74) is 1.18. The third-order valence-corrected chi connectivity index (χ3v) is 2.76. The van der Waals surface area contributed by atoms with Crippen LogP contribution in [0.2, 0.25) is 0 Å². The zero-order valence-electron chi connectivity index (χ0n) is 8.96. The van der Waals surface area contributed by atoms with Crippen molar-refractivity contribution in [1.82, 2.24) is 10.6 Å². The molecule has 0 aromatic heterocycles. The molecule has 0 radical (unpaired) electrons. The Morgan fingerprint density at radius 2 is 2.07 bits per heavy atom. The first-order valence-electron chi connectivity index (χ1n) is 5.45. The molecule has 15 heavy (non-hydrogen) atoms. The molecule has 2 rings (SSSR count). The molecule has 82 valence electrons. The van der Waals surface area contributed by atoms with E-state index >= 15 is 0 Å². The Hall–Kier alpha value is -0.930. The molecule has 1 saturated heterocycles. The largest absolute Gasteiger partial charge is 0.314 e. The minimum atomic E-state index is -0.164. The van der Waals surface area contributed by atoms with Crippen molar-refractivity contribution in [2.45, 2.75) is 25.4 Å². The third kappa shape index (κ3) is 3.01. The van der Waals surface area contributed by atoms with E-state index in [4.69, 9.17) is 0 Å². The van der Waals surface area contributed by atoms with Gasteiger partial charge in [0.15, 0.2) is 0 Å². The zero-order valence-corrected chi connectivity index (χ0v) is 8.96. The summed E-state index contributed by atoms with van der Waals surface area (Å²) in [5, 5.41) is 6.75. The van der Waals surface area contributed by atoms with Crippen LogP contribution < -0.4 is 10.6 Å². The van der Waals surface area contributed by atoms with Crippen LogP contribution >= 0.6 is 0 Å². The van der Waals surface area contributed by atoms with E-state index in [1.54, 1.807) is 0 Å². The van der Waals surface area contributed by atoms with Crippen LogP contribution in [-0.2, 0) is 6.42 Å². The lowest BCUT2D eigenvalue weighted by Gasteiger charge is -2.31. The van der Waals surface area contributed by atoms with Gasteiger partial charge in [0.05, 0.1) is 0 Å². The van der Waals surface area contributed by atoms with Crippen molar-refractivity contribution in [3.05, 3.63) is 35.6 Å². The summed E-state index contributed by atoms with van der Waals surface area (Å²) in [7, 11) is 0. The molecule has 1 fully saturated rings. The lowest BCUT2D eigenvalue weighted by atomic mass is 10.0. The standard InChI is InChI=1S/C12H17FN2/c1-9(15-12-7-14-8-12)6-10-2-4-11(13)5-3-10/h2-5,9,12,14-15H,6-8H2,1H3. The van der Waals surface area contributed by atoms with Crippen molar-refractivity contribution in [2.75, 3.05) is 13.1 Å². The van der Waals surface area contributed by atoms with Crippen LogP contribution in [0.15, 0.2) is 24.3 Å². The fourth-order valence-electron chi connectivity index (χ4n) is 1.84. The van der Waals surface area contributed by atoms with Gasteiger partial charge < -0.3 is 10.6 Å². The summed E-state index contributed by atoms with van der Waals surface area (Å²) in [4.78, 5) is 0. The van der Waals surface area contributed by atoms with E-state index in [1.165, 1.54) is 17.7 Å². The van der Waals surface area contributed by atoms with Crippen molar-refractivity contribution in [2.24, 2.45) is 0 Å². The molecular weight excluding hydrogens is 191 g/mol. The summed E-state index contributed by atoms with van der Waals surface area (Å²) in [6.07, 6.45) is 0.955. The average molecular weight is 208 g/mol. The van der Waals surface area contributed by atoms with Gasteiger partial charge in [-0.2, -0.15) is 0 Å². The number of hydrogen-bond acceptors (Lipinski definition) is 2. The molecule has 1 unspecified atom stereocenters. The van der Waals surface area contributed by atoms with Gasteiger partial charge in [-0.15, -0.1) is 0 Å². The van der Waals surface area contributed by atoms with Crippen LogP contribution in [0, 0.1) is 5.82 Å². The minimum Gasteiger partial charge on any atom is -0.314 e. The maximum absolute atomic E-state index is 12.7. The van der Waals surface area contributed by atoms with Crippen molar-refractivity contribution in [3.63, 3.8) is 0 Å². The monoisotopic (exact) mass is 208 g/mol. The van der Waals surface area contributed by atoms with Crippen LogP contribution in [0.5, 0.6) is 0 Å². The van der Waals surface area contributed by atoms with Crippen molar-refractivity contribution < 1.29 is 4.39 Å². The Balaban J connectivity index is 1.82. The Morgan fingerprint density at radius 1 is 1.40 bits per heavy atom. The number of hydrogen-bond donors (Lipinski definition) is 2. The quantitative estimate of drug-likeness (QED) is 0.779. The molecule has 1 heterocycles. The number of nitrogens with one attached hydrogen (secondary N) is 2. The summed E-state index contributed by atoms with van der Waals surface area (Å²) in [6, 6.07) is 7.81. The highest BCUT2D eigenvalue weighted by Gasteiger charge is 2.18. The fourth-order valence-corrected chi connectivity index (χ4v) is 1.84. The van der Waals surface area contributed by atoms with Crippen molar-refractivity contribution in [1.29, 1.82) is 0 Å². The molecule has 2 nitrogen and oxygen atoms in total. The first kappa shape index (κ1) is 10.6. The number of halogens is 1. The molecule has 1 aromatic carbocycles. The van der Waals surface area contributed by atoms with Gasteiger partial charge in [0.2, 0.25) is 0 Å². The second-order valence-electron chi connectivity index (χ2n) is 4.25. The summed E-state index contributed by atoms with van der Waals surface area (Å²) in [6.45, 7) is 4.29. The maximum atomic E-state index is 12.7. The van der Waals surface area contributed by atoms with Gasteiger partial charge in [-0.1, -0.05) is 12.1 Å². The normalized spacial score (nSPS) is 18.5. The highest BCUT2D eigenvalue weighted by Crippen LogP contribution is 2.06. The summed E-state index contributed by atoms with van der Waals surface area (Å²) < 4.78 is 12.7. The van der Waals surface area contributed by atoms with Crippen LogP contribution in [0.4, 0.5) is 4.39 Å². The van der Waals surface area contributed by atoms with Crippen LogP contribution in [0.25, 0.3) is 0 Å². The molecular formula is C12H17FN2. The van der Waals surface area contributed by atoms with E-state index in [2.05, 4.69) is 17.6 Å². The highest BCUT2D eigenvalue weighted by atomic mass is 19.1. The SMILES string of the molecule is CC(Cc1ccc(F)cc1)NC1CNC1. The maximum Gasteiger partial charge on any atom is 0.123 e. The Morgan fingerprint density at radius 3 is 2.60 bits per heavy atom. The lowest BCUT2D eigenvalue weighted by Crippen LogP contribution is -2.57. The summed E-state index contributed by atoms with van der Waals surface area (Å²) in [5.74, 6) is -0.164. The second-order valence-corrected chi connectivity index (χ2v) is 4.25. The minimum absolute atomic E-state index is 0.164. The molecule has 0 spiro atoms. The predicted octanol–water partition coefficient (Wildman–Crippen LogP) is 1.32. The smallest absolute Gasteiger partial charge is 0.123 e. The Kier molecular flexibility index (Phi) is 3.34. The fraction of sp³-hybridized carbons (Fsp3) is 0.500. The van der Waals surface area contributed by atoms with Crippen molar-refractivity contribution >= 4 is 0 Å². The van der Waals surface area contributed by atoms with Gasteiger partial charge in [0.1, 0.15) is 5.82 Å².